The molecule has 4 fully saturated rings. The number of hydrogen-bond acceptors (Lipinski definition) is 15. The molecule has 2 bridgehead atoms. The van der Waals surface area contributed by atoms with Crippen LogP contribution in [0.25, 0.3) is 32.2 Å². The Labute approximate surface area is 361 Å². The minimum absolute atomic E-state index is 0.00221. The molecule has 4 saturated heterocycles. The summed E-state index contributed by atoms with van der Waals surface area (Å²) in [5.74, 6) is -1.05. The maximum absolute atomic E-state index is 18.0. The number of piperazine rings is 1. The molecule has 5 aliphatic heterocycles. The van der Waals surface area contributed by atoms with Crippen molar-refractivity contribution in [1.29, 1.82) is 5.26 Å². The molecule has 1 N–H and O–H groups in total. The number of amides is 2. The number of nitrogens with one attached hydrogen (secondary N) is 1. The number of benzene rings is 1. The predicted molar refractivity (Wildman–Crippen MR) is 224 cm³/mol. The molecule has 2 unspecified atom stereocenters. The zero-order valence-electron chi connectivity index (χ0n) is 35.7. The summed E-state index contributed by atoms with van der Waals surface area (Å²) in [5, 5.41) is 13.6. The number of carbonyl (C=O) groups is 2. The van der Waals surface area contributed by atoms with E-state index in [0.717, 1.165) is 50.0 Å². The molecule has 330 valence electrons. The Bertz CT molecular complexity index is 2480. The van der Waals surface area contributed by atoms with Crippen molar-refractivity contribution in [3.05, 3.63) is 34.5 Å². The van der Waals surface area contributed by atoms with E-state index in [1.807, 2.05) is 20.8 Å². The van der Waals surface area contributed by atoms with Crippen LogP contribution in [-0.2, 0) is 36.9 Å². The lowest BCUT2D eigenvalue weighted by Crippen LogP contribution is -2.56. The number of ether oxygens (including phenoxy) is 6. The average Bonchev–Trinajstić information content (AvgIpc) is 3.89. The van der Waals surface area contributed by atoms with Gasteiger partial charge in [0.15, 0.2) is 11.6 Å². The highest BCUT2D eigenvalue weighted by atomic mass is 32.1. The molecule has 62 heavy (non-hydrogen) atoms. The van der Waals surface area contributed by atoms with Crippen LogP contribution in [0, 0.1) is 28.4 Å². The molecule has 8 heterocycles. The van der Waals surface area contributed by atoms with Crippen LogP contribution in [0.5, 0.6) is 6.01 Å². The smallest absolute Gasteiger partial charge is 0.412 e. The third-order valence-electron chi connectivity index (χ3n) is 11.8. The molecule has 19 heteroatoms. The number of thiophene rings is 1. The van der Waals surface area contributed by atoms with E-state index in [-0.39, 0.29) is 80.8 Å². The van der Waals surface area contributed by atoms with Crippen molar-refractivity contribution in [1.82, 2.24) is 24.8 Å². The van der Waals surface area contributed by atoms with Crippen molar-refractivity contribution in [3.8, 4) is 23.3 Å². The normalized spacial score (nSPS) is 21.1. The summed E-state index contributed by atoms with van der Waals surface area (Å²) >= 11 is 0.833. The molecule has 16 nitrogen and oxygen atoms in total. The summed E-state index contributed by atoms with van der Waals surface area (Å²) in [7, 11) is 0. The van der Waals surface area contributed by atoms with Crippen LogP contribution in [0.3, 0.4) is 0 Å². The van der Waals surface area contributed by atoms with Crippen molar-refractivity contribution in [2.75, 3.05) is 76.0 Å². The van der Waals surface area contributed by atoms with Gasteiger partial charge < -0.3 is 38.2 Å². The largest absolute Gasteiger partial charge is 0.463 e. The van der Waals surface area contributed by atoms with Crippen LogP contribution in [0.4, 0.5) is 29.2 Å². The summed E-state index contributed by atoms with van der Waals surface area (Å²) in [6.07, 6.45) is 1.28. The van der Waals surface area contributed by atoms with Gasteiger partial charge in [0.05, 0.1) is 72.6 Å². The van der Waals surface area contributed by atoms with E-state index in [1.165, 1.54) is 0 Å². The van der Waals surface area contributed by atoms with E-state index < -0.39 is 35.0 Å². The van der Waals surface area contributed by atoms with Gasteiger partial charge in [-0.3, -0.25) is 15.2 Å². The molecular weight excluding hydrogens is 827 g/mol. The van der Waals surface area contributed by atoms with Gasteiger partial charge in [-0.15, -0.1) is 11.3 Å². The first-order chi connectivity index (χ1) is 29.5. The highest BCUT2D eigenvalue weighted by Gasteiger charge is 2.46. The number of hydrogen-bond donors (Lipinski definition) is 1. The summed E-state index contributed by atoms with van der Waals surface area (Å²) < 4.78 is 68.6. The van der Waals surface area contributed by atoms with Crippen molar-refractivity contribution >= 4 is 55.3 Å². The van der Waals surface area contributed by atoms with Crippen LogP contribution in [0.1, 0.15) is 71.1 Å². The van der Waals surface area contributed by atoms with E-state index >= 15 is 8.78 Å². The summed E-state index contributed by atoms with van der Waals surface area (Å²) in [6, 6.07) is 1.72. The van der Waals surface area contributed by atoms with Gasteiger partial charge in [-0.2, -0.15) is 15.2 Å². The molecule has 0 radical (unpaired) electrons. The lowest BCUT2D eigenvalue weighted by Gasteiger charge is -2.44. The van der Waals surface area contributed by atoms with Crippen LogP contribution >= 0.6 is 11.3 Å². The van der Waals surface area contributed by atoms with E-state index in [9.17, 15) is 14.9 Å². The Hall–Kier alpha value is -5.00. The molecule has 3 aromatic heterocycles. The van der Waals surface area contributed by atoms with E-state index in [0.29, 0.717) is 61.8 Å². The number of pyridine rings is 1. The average molecular weight is 877 g/mol. The van der Waals surface area contributed by atoms with Crippen LogP contribution in [0.15, 0.2) is 6.20 Å². The molecule has 2 amide bonds. The predicted octanol–water partition coefficient (Wildman–Crippen LogP) is 6.75. The van der Waals surface area contributed by atoms with Crippen LogP contribution in [0.2, 0.25) is 0 Å². The van der Waals surface area contributed by atoms with Gasteiger partial charge in [0, 0.05) is 55.8 Å². The van der Waals surface area contributed by atoms with Gasteiger partial charge in [0.25, 0.3) is 0 Å². The molecule has 5 aliphatic rings. The quantitative estimate of drug-likeness (QED) is 0.197. The molecule has 0 spiro atoms. The van der Waals surface area contributed by atoms with Gasteiger partial charge in [0.2, 0.25) is 0 Å². The summed E-state index contributed by atoms with van der Waals surface area (Å²) in [6.45, 7) is 16.2. The fraction of sp³-hybridized carbons (Fsp3) is 0.581. The molecular formula is C43H50F2N8O8S. The topological polar surface area (TPSA) is 174 Å². The van der Waals surface area contributed by atoms with Gasteiger partial charge in [-0.1, -0.05) is 0 Å². The third-order valence-corrected chi connectivity index (χ3v) is 12.9. The Morgan fingerprint density at radius 1 is 0.968 bits per heavy atom. The Morgan fingerprint density at radius 3 is 2.31 bits per heavy atom. The number of likely N-dealkylation sites (tertiary alicyclic amines) is 1. The van der Waals surface area contributed by atoms with Crippen LogP contribution < -0.4 is 15.0 Å². The number of rotatable bonds is 8. The van der Waals surface area contributed by atoms with E-state index in [4.69, 9.17) is 38.4 Å². The molecule has 9 rings (SSSR count). The molecule has 1 aromatic carbocycles. The number of halogens is 2. The van der Waals surface area contributed by atoms with Gasteiger partial charge in [-0.05, 0) is 65.5 Å². The Kier molecular flexibility index (Phi) is 10.9. The molecule has 2 atom stereocenters. The standard InChI is InChI=1S/C43H50F2N8O8S/c1-41(2,3)60-39(54)50-37-25(13-46)30-33(47-14-28(44)35(30)62-37)29-26-17-57-18-27(26)31-34(32(29)45)48-38(59-22-43(20-58-21-43)19-51-9-11-56-12-10-51)49-36(31)53-23-7-8-24(53)16-52(15-23)40(55)61-42(4,5)6/h14,23-24H,7-12,15-22H2,1-6H3,(H,50,54). The number of anilines is 2. The van der Waals surface area contributed by atoms with Crippen molar-refractivity contribution in [2.45, 2.75) is 90.9 Å². The fourth-order valence-electron chi connectivity index (χ4n) is 9.13. The Balaban J connectivity index is 1.17. The van der Waals surface area contributed by atoms with Crippen molar-refractivity contribution in [2.24, 2.45) is 5.41 Å². The second-order valence-electron chi connectivity index (χ2n) is 18.7. The summed E-state index contributed by atoms with van der Waals surface area (Å²) in [4.78, 5) is 46.7. The summed E-state index contributed by atoms with van der Waals surface area (Å²) in [5.41, 5.74) is -0.912. The number of fused-ring (bicyclic) bond motifs is 6. The van der Waals surface area contributed by atoms with E-state index in [2.05, 4.69) is 26.2 Å². The number of morpholine rings is 1. The third kappa shape index (κ3) is 7.95. The maximum Gasteiger partial charge on any atom is 0.412 e. The second-order valence-corrected chi connectivity index (χ2v) is 19.8. The first kappa shape index (κ1) is 42.3. The highest BCUT2D eigenvalue weighted by molar-refractivity contribution is 7.23. The minimum Gasteiger partial charge on any atom is -0.463 e. The lowest BCUT2D eigenvalue weighted by atomic mass is 9.86. The van der Waals surface area contributed by atoms with Gasteiger partial charge in [0.1, 0.15) is 40.2 Å². The molecule has 0 saturated carbocycles. The first-order valence-corrected chi connectivity index (χ1v) is 21.7. The number of nitriles is 1. The zero-order chi connectivity index (χ0) is 43.7. The zero-order valence-corrected chi connectivity index (χ0v) is 36.5. The fourth-order valence-corrected chi connectivity index (χ4v) is 10.2. The van der Waals surface area contributed by atoms with Crippen molar-refractivity contribution in [3.63, 3.8) is 0 Å². The van der Waals surface area contributed by atoms with E-state index in [1.54, 1.807) is 25.7 Å². The van der Waals surface area contributed by atoms with Crippen LogP contribution in [-0.4, -0.2) is 126 Å². The lowest BCUT2D eigenvalue weighted by molar-refractivity contribution is -0.150. The Morgan fingerprint density at radius 2 is 1.66 bits per heavy atom. The second kappa shape index (κ2) is 16.0. The molecule has 0 aliphatic carbocycles. The molecule has 4 aromatic rings. The first-order valence-electron chi connectivity index (χ1n) is 20.9. The number of aromatic nitrogens is 3. The van der Waals surface area contributed by atoms with Gasteiger partial charge in [-0.25, -0.2) is 18.4 Å². The monoisotopic (exact) mass is 876 g/mol. The number of carbonyl (C=O) groups excluding carboxylic acids is 2. The van der Waals surface area contributed by atoms with Gasteiger partial charge >= 0.3 is 18.2 Å². The SMILES string of the molecule is CC(C)(C)OC(=O)Nc1sc2c(F)cnc(-c3c4c(c5c(N6C7CCC6CN(C(=O)OC(C)(C)C)C7)nc(OCC6(CN7CCOCC7)COC6)nc5c3F)COC4)c2c1C#N. The van der Waals surface area contributed by atoms with Crippen molar-refractivity contribution < 1.29 is 46.8 Å². The highest BCUT2D eigenvalue weighted by Crippen LogP contribution is 2.49. The maximum atomic E-state index is 18.0. The minimum atomic E-state index is -0.843. The number of nitrogens with zero attached hydrogens (tertiary/aromatic N) is 7.